The van der Waals surface area contributed by atoms with E-state index in [1.165, 1.54) is 9.58 Å². The van der Waals surface area contributed by atoms with Gasteiger partial charge in [-0.1, -0.05) is 24.3 Å². The van der Waals surface area contributed by atoms with Crippen LogP contribution in [0.4, 0.5) is 5.82 Å². The van der Waals surface area contributed by atoms with Gasteiger partial charge in [0.25, 0.3) is 5.91 Å². The maximum absolute atomic E-state index is 13.2. The minimum Gasteiger partial charge on any atom is -0.364 e. The van der Waals surface area contributed by atoms with Crippen molar-refractivity contribution in [2.75, 3.05) is 11.9 Å². The molecular weight excluding hydrogens is 478 g/mol. The predicted molar refractivity (Wildman–Crippen MR) is 122 cm³/mol. The molecule has 1 aliphatic carbocycles. The van der Waals surface area contributed by atoms with Crippen molar-refractivity contribution in [1.29, 1.82) is 0 Å². The number of carbonyl (C=O) groups is 3. The molecule has 0 radical (unpaired) electrons. The molecule has 166 valence electrons. The number of nitrogens with two attached hydrogens (primary N) is 2. The van der Waals surface area contributed by atoms with Crippen LogP contribution in [0.1, 0.15) is 23.3 Å². The molecular formula is C21H22BrN7O3. The molecule has 1 aliphatic rings. The lowest BCUT2D eigenvalue weighted by Crippen LogP contribution is -2.55. The van der Waals surface area contributed by atoms with E-state index in [0.29, 0.717) is 34.2 Å². The van der Waals surface area contributed by atoms with Crippen molar-refractivity contribution in [1.82, 2.24) is 19.7 Å². The Kier molecular flexibility index (Phi) is 6.19. The quantitative estimate of drug-likeness (QED) is 0.416. The first-order valence-electron chi connectivity index (χ1n) is 10.0. The number of anilines is 1. The van der Waals surface area contributed by atoms with Crippen molar-refractivity contribution in [3.8, 4) is 0 Å². The Balaban J connectivity index is 1.53. The fourth-order valence-corrected chi connectivity index (χ4v) is 4.11. The van der Waals surface area contributed by atoms with Gasteiger partial charge in [-0.15, -0.1) is 0 Å². The number of nitrogens with one attached hydrogen (secondary N) is 1. The fourth-order valence-electron chi connectivity index (χ4n) is 3.77. The zero-order valence-electron chi connectivity index (χ0n) is 17.1. The van der Waals surface area contributed by atoms with E-state index in [-0.39, 0.29) is 42.7 Å². The van der Waals surface area contributed by atoms with Crippen molar-refractivity contribution in [3.05, 3.63) is 52.8 Å². The zero-order valence-corrected chi connectivity index (χ0v) is 18.7. The number of carbonyl (C=O) groups excluding carboxylic acids is 3. The van der Waals surface area contributed by atoms with Gasteiger partial charge in [0.15, 0.2) is 5.69 Å². The van der Waals surface area contributed by atoms with E-state index >= 15 is 0 Å². The highest BCUT2D eigenvalue weighted by Crippen LogP contribution is 2.25. The van der Waals surface area contributed by atoms with Crippen LogP contribution in [-0.4, -0.2) is 56.0 Å². The van der Waals surface area contributed by atoms with Crippen LogP contribution in [0.2, 0.25) is 0 Å². The Hall–Kier alpha value is -3.31. The molecule has 0 bridgehead atoms. The Morgan fingerprint density at radius 2 is 1.91 bits per heavy atom. The van der Waals surface area contributed by atoms with Gasteiger partial charge in [0.2, 0.25) is 11.8 Å². The molecule has 4 rings (SSSR count). The molecule has 10 nitrogen and oxygen atoms in total. The Bertz CT molecular complexity index is 1190. The third kappa shape index (κ3) is 4.63. The Labute approximate surface area is 192 Å². The maximum Gasteiger partial charge on any atom is 0.269 e. The number of primary amides is 1. The molecule has 2 heterocycles. The van der Waals surface area contributed by atoms with Crippen molar-refractivity contribution < 1.29 is 14.4 Å². The van der Waals surface area contributed by atoms with E-state index in [1.54, 1.807) is 42.5 Å². The average molecular weight is 500 g/mol. The molecule has 0 saturated heterocycles. The summed E-state index contributed by atoms with van der Waals surface area (Å²) in [5, 5.41) is 7.52. The largest absolute Gasteiger partial charge is 0.364 e. The number of pyridine rings is 1. The molecule has 32 heavy (non-hydrogen) atoms. The van der Waals surface area contributed by atoms with Gasteiger partial charge in [0, 0.05) is 17.5 Å². The summed E-state index contributed by atoms with van der Waals surface area (Å²) in [6.45, 7) is -0.283. The highest BCUT2D eigenvalue weighted by molar-refractivity contribution is 9.10. The highest BCUT2D eigenvalue weighted by Gasteiger charge is 2.35. The van der Waals surface area contributed by atoms with Gasteiger partial charge in [-0.3, -0.25) is 19.1 Å². The van der Waals surface area contributed by atoms with Crippen LogP contribution in [0.25, 0.3) is 10.9 Å². The van der Waals surface area contributed by atoms with Crippen LogP contribution in [0.5, 0.6) is 0 Å². The standard InChI is InChI=1S/C21H22BrN7O3/c22-16-6-3-7-17(25-16)26-18(30)10-28(13-8-12(23)9-13)19(31)11-29-15-5-2-1-4-14(15)20(27-29)21(24)32/h1-7,12-13H,8-11,23H2,(H2,24,32)(H,25,26,30)/t12-,13-. The number of nitrogens with zero attached hydrogens (tertiary/aromatic N) is 4. The van der Waals surface area contributed by atoms with Crippen LogP contribution in [0.15, 0.2) is 47.1 Å². The number of aromatic nitrogens is 3. The van der Waals surface area contributed by atoms with Gasteiger partial charge in [-0.2, -0.15) is 5.10 Å². The van der Waals surface area contributed by atoms with Gasteiger partial charge in [0.05, 0.1) is 5.52 Å². The summed E-state index contributed by atoms with van der Waals surface area (Å²) < 4.78 is 2.03. The van der Waals surface area contributed by atoms with Gasteiger partial charge in [-0.05, 0) is 47.0 Å². The number of fused-ring (bicyclic) bond motifs is 1. The summed E-state index contributed by atoms with van der Waals surface area (Å²) in [6, 6.07) is 12.1. The van der Waals surface area contributed by atoms with Crippen molar-refractivity contribution in [2.24, 2.45) is 11.5 Å². The summed E-state index contributed by atoms with van der Waals surface area (Å²) in [7, 11) is 0. The molecule has 0 aliphatic heterocycles. The van der Waals surface area contributed by atoms with E-state index in [4.69, 9.17) is 11.5 Å². The molecule has 2 aromatic heterocycles. The third-order valence-corrected chi connectivity index (χ3v) is 5.83. The fraction of sp³-hybridized carbons (Fsp3) is 0.286. The van der Waals surface area contributed by atoms with E-state index < -0.39 is 5.91 Å². The van der Waals surface area contributed by atoms with Gasteiger partial charge >= 0.3 is 0 Å². The second-order valence-corrected chi connectivity index (χ2v) is 8.50. The van der Waals surface area contributed by atoms with Crippen LogP contribution in [0.3, 0.4) is 0 Å². The number of benzene rings is 1. The monoisotopic (exact) mass is 499 g/mol. The lowest BCUT2D eigenvalue weighted by atomic mass is 9.86. The summed E-state index contributed by atoms with van der Waals surface area (Å²) in [5.41, 5.74) is 12.1. The molecule has 1 saturated carbocycles. The first-order valence-corrected chi connectivity index (χ1v) is 10.8. The number of para-hydroxylation sites is 1. The van der Waals surface area contributed by atoms with Gasteiger partial charge in [-0.25, -0.2) is 4.98 Å². The van der Waals surface area contributed by atoms with E-state index in [1.807, 2.05) is 0 Å². The Morgan fingerprint density at radius 1 is 1.16 bits per heavy atom. The number of rotatable bonds is 7. The number of halogens is 1. The topological polar surface area (TPSA) is 149 Å². The smallest absolute Gasteiger partial charge is 0.269 e. The molecule has 0 unspecified atom stereocenters. The Morgan fingerprint density at radius 3 is 2.59 bits per heavy atom. The van der Waals surface area contributed by atoms with Crippen molar-refractivity contribution in [3.63, 3.8) is 0 Å². The minimum absolute atomic E-state index is 0.00268. The normalized spacial score (nSPS) is 17.6. The third-order valence-electron chi connectivity index (χ3n) is 5.38. The second kappa shape index (κ2) is 9.05. The van der Waals surface area contributed by atoms with E-state index in [2.05, 4.69) is 31.3 Å². The molecule has 3 amide bonds. The van der Waals surface area contributed by atoms with Crippen molar-refractivity contribution >= 4 is 50.4 Å². The summed E-state index contributed by atoms with van der Waals surface area (Å²) in [4.78, 5) is 43.3. The first kappa shape index (κ1) is 21.9. The van der Waals surface area contributed by atoms with Crippen LogP contribution < -0.4 is 16.8 Å². The van der Waals surface area contributed by atoms with Crippen molar-refractivity contribution in [2.45, 2.75) is 31.5 Å². The van der Waals surface area contributed by atoms with Crippen LogP contribution in [0, 0.1) is 0 Å². The van der Waals surface area contributed by atoms with E-state index in [0.717, 1.165) is 0 Å². The molecule has 1 fully saturated rings. The molecule has 3 aromatic rings. The molecule has 1 aromatic carbocycles. The first-order chi connectivity index (χ1) is 15.3. The predicted octanol–water partition coefficient (Wildman–Crippen LogP) is 1.25. The SMILES string of the molecule is NC(=O)c1nn(CC(=O)N(CC(=O)Nc2cccc(Br)n2)[C@H]2C[C@H](N)C2)c2ccccc12. The second-order valence-electron chi connectivity index (χ2n) is 7.69. The zero-order chi connectivity index (χ0) is 22.8. The highest BCUT2D eigenvalue weighted by atomic mass is 79.9. The van der Waals surface area contributed by atoms with Crippen LogP contribution >= 0.6 is 15.9 Å². The number of hydrogen-bond acceptors (Lipinski definition) is 6. The lowest BCUT2D eigenvalue weighted by Gasteiger charge is -2.41. The molecule has 11 heteroatoms. The summed E-state index contributed by atoms with van der Waals surface area (Å²) in [5.74, 6) is -0.961. The molecule has 5 N–H and O–H groups in total. The number of hydrogen-bond donors (Lipinski definition) is 3. The van der Waals surface area contributed by atoms with Crippen LogP contribution in [-0.2, 0) is 16.1 Å². The van der Waals surface area contributed by atoms with E-state index in [9.17, 15) is 14.4 Å². The lowest BCUT2D eigenvalue weighted by molar-refractivity contribution is -0.139. The average Bonchev–Trinajstić information content (AvgIpc) is 3.09. The minimum atomic E-state index is -0.671. The molecule has 0 spiro atoms. The van der Waals surface area contributed by atoms with Gasteiger partial charge in [0.1, 0.15) is 23.5 Å². The summed E-state index contributed by atoms with van der Waals surface area (Å²) in [6.07, 6.45) is 1.22. The molecule has 0 atom stereocenters. The van der Waals surface area contributed by atoms with Gasteiger partial charge < -0.3 is 21.7 Å². The summed E-state index contributed by atoms with van der Waals surface area (Å²) >= 11 is 3.26. The number of amides is 3. The maximum atomic E-state index is 13.2.